The lowest BCUT2D eigenvalue weighted by atomic mass is 10.4. The Morgan fingerprint density at radius 3 is 0.950 bits per heavy atom. The topological polar surface area (TPSA) is 115 Å². The number of aliphatic hydroxyl groups excluding tert-OH is 2. The predicted molar refractivity (Wildman–Crippen MR) is 79.7 cm³/mol. The first-order valence-corrected chi connectivity index (χ1v) is 6.11. The molecule has 0 aliphatic heterocycles. The second-order valence-corrected chi connectivity index (χ2v) is 3.62. The van der Waals surface area contributed by atoms with Crippen LogP contribution < -0.4 is 0 Å². The van der Waals surface area contributed by atoms with Crippen molar-refractivity contribution in [1.29, 1.82) is 0 Å². The maximum Gasteiger partial charge on any atom is 0.330 e. The van der Waals surface area contributed by atoms with Crippen LogP contribution in [-0.4, -0.2) is 45.6 Å². The summed E-state index contributed by atoms with van der Waals surface area (Å²) in [6.45, 7) is 13.3. The fourth-order valence-corrected chi connectivity index (χ4v) is 0. The first kappa shape index (κ1) is 26.8. The van der Waals surface area contributed by atoms with Crippen molar-refractivity contribution in [3.8, 4) is 0 Å². The molecule has 6 nitrogen and oxygen atoms in total. The summed E-state index contributed by atoms with van der Waals surface area (Å²) in [5.74, 6) is -1.87. The van der Waals surface area contributed by atoms with Crippen molar-refractivity contribution in [3.05, 3.63) is 24.3 Å². The summed E-state index contributed by atoms with van der Waals surface area (Å²) >= 11 is 0. The third-order valence-corrected chi connectivity index (χ3v) is 1.33. The van der Waals surface area contributed by atoms with Gasteiger partial charge in [0, 0.05) is 11.1 Å². The Hall–Kier alpha value is -1.66. The number of aliphatic carboxylic acids is 2. The molecule has 0 amide bonds. The summed E-state index contributed by atoms with van der Waals surface area (Å²) in [6.07, 6.45) is 2.64. The van der Waals surface area contributed by atoms with Gasteiger partial charge in [-0.15, -0.1) is 0 Å². The third kappa shape index (κ3) is 55.3. The second kappa shape index (κ2) is 22.5. The normalized spacial score (nSPS) is 7.50. The van der Waals surface area contributed by atoms with Gasteiger partial charge in [-0.25, -0.2) is 9.59 Å². The third-order valence-electron chi connectivity index (χ3n) is 1.33. The Balaban J connectivity index is -0.0000000871. The van der Waals surface area contributed by atoms with Gasteiger partial charge in [0.2, 0.25) is 0 Å². The highest BCUT2D eigenvalue weighted by Gasteiger charge is 1.90. The van der Waals surface area contributed by atoms with Crippen LogP contribution in [0.1, 0.15) is 40.5 Å². The Morgan fingerprint density at radius 2 is 0.950 bits per heavy atom. The zero-order chi connectivity index (χ0) is 17.1. The van der Waals surface area contributed by atoms with Gasteiger partial charge in [-0.2, -0.15) is 0 Å². The van der Waals surface area contributed by atoms with E-state index in [9.17, 15) is 9.59 Å². The minimum absolute atomic E-state index is 0.125. The Morgan fingerprint density at radius 1 is 0.800 bits per heavy atom. The van der Waals surface area contributed by atoms with Crippen LogP contribution >= 0.6 is 0 Å². The maximum absolute atomic E-state index is 9.60. The molecule has 20 heavy (non-hydrogen) atoms. The zero-order valence-corrected chi connectivity index (χ0v) is 12.8. The van der Waals surface area contributed by atoms with Gasteiger partial charge in [0.05, 0.1) is 13.2 Å². The molecule has 0 aliphatic carbocycles. The zero-order valence-electron chi connectivity index (χ0n) is 12.8. The minimum atomic E-state index is -0.935. The monoisotopic (exact) mass is 292 g/mol. The molecule has 0 bridgehead atoms. The lowest BCUT2D eigenvalue weighted by Gasteiger charge is -1.79. The van der Waals surface area contributed by atoms with Crippen LogP contribution in [-0.2, 0) is 9.59 Å². The summed E-state index contributed by atoms with van der Waals surface area (Å²) in [5.41, 5.74) is 0.352. The van der Waals surface area contributed by atoms with E-state index in [1.165, 1.54) is 26.7 Å². The van der Waals surface area contributed by atoms with Crippen molar-refractivity contribution in [1.82, 2.24) is 0 Å². The SMILES string of the molecule is C=C(C)C(=O)O.C=C(C)C(=O)O.CCCC.OCCO. The lowest BCUT2D eigenvalue weighted by Crippen LogP contribution is -1.92. The van der Waals surface area contributed by atoms with Crippen LogP contribution in [0.25, 0.3) is 0 Å². The van der Waals surface area contributed by atoms with Gasteiger partial charge in [0.1, 0.15) is 0 Å². The van der Waals surface area contributed by atoms with E-state index in [-0.39, 0.29) is 24.4 Å². The van der Waals surface area contributed by atoms with Gasteiger partial charge in [-0.1, -0.05) is 39.8 Å². The quantitative estimate of drug-likeness (QED) is 0.590. The number of carboxylic acids is 2. The Kier molecular flexibility index (Phi) is 30.2. The smallest absolute Gasteiger partial charge is 0.330 e. The molecule has 120 valence electrons. The number of unbranched alkanes of at least 4 members (excludes halogenated alkanes) is 1. The van der Waals surface area contributed by atoms with Crippen LogP contribution in [0.2, 0.25) is 0 Å². The van der Waals surface area contributed by atoms with Crippen LogP contribution in [0.3, 0.4) is 0 Å². The largest absolute Gasteiger partial charge is 0.478 e. The molecule has 0 atom stereocenters. The van der Waals surface area contributed by atoms with Crippen LogP contribution in [0, 0.1) is 0 Å². The molecule has 0 radical (unpaired) electrons. The molecule has 0 saturated carbocycles. The highest BCUT2D eigenvalue weighted by atomic mass is 16.4. The molecule has 0 unspecified atom stereocenters. The van der Waals surface area contributed by atoms with E-state index in [0.29, 0.717) is 0 Å². The number of carboxylic acid groups (broad SMARTS) is 2. The van der Waals surface area contributed by atoms with Crippen LogP contribution in [0.4, 0.5) is 0 Å². The summed E-state index contributed by atoms with van der Waals surface area (Å²) < 4.78 is 0. The second-order valence-electron chi connectivity index (χ2n) is 3.62. The van der Waals surface area contributed by atoms with E-state index >= 15 is 0 Å². The number of aliphatic hydroxyl groups is 2. The standard InChI is InChI=1S/2C4H6O2.C4H10.C2H6O2/c2*1-3(2)4(5)6;1-3-4-2;3-1-2-4/h2*1H2,2H3,(H,5,6);3-4H2,1-2H3;3-4H,1-2H2. The van der Waals surface area contributed by atoms with E-state index in [4.69, 9.17) is 20.4 Å². The van der Waals surface area contributed by atoms with Crippen LogP contribution in [0.15, 0.2) is 24.3 Å². The van der Waals surface area contributed by atoms with E-state index in [1.807, 2.05) is 0 Å². The molecular weight excluding hydrogens is 264 g/mol. The molecule has 0 rings (SSSR count). The summed E-state index contributed by atoms with van der Waals surface area (Å²) in [4.78, 5) is 19.2. The van der Waals surface area contributed by atoms with Gasteiger partial charge >= 0.3 is 11.9 Å². The van der Waals surface area contributed by atoms with E-state index < -0.39 is 11.9 Å². The number of rotatable bonds is 4. The van der Waals surface area contributed by atoms with Crippen molar-refractivity contribution in [2.75, 3.05) is 13.2 Å². The average molecular weight is 292 g/mol. The number of hydrogen-bond donors (Lipinski definition) is 4. The van der Waals surface area contributed by atoms with Gasteiger partial charge in [-0.05, 0) is 13.8 Å². The van der Waals surface area contributed by atoms with Crippen molar-refractivity contribution in [3.63, 3.8) is 0 Å². The number of hydrogen-bond acceptors (Lipinski definition) is 4. The van der Waals surface area contributed by atoms with Crippen LogP contribution in [0.5, 0.6) is 0 Å². The highest BCUT2D eigenvalue weighted by Crippen LogP contribution is 1.81. The molecule has 0 fully saturated rings. The van der Waals surface area contributed by atoms with Crippen molar-refractivity contribution in [2.45, 2.75) is 40.5 Å². The molecule has 0 spiro atoms. The first-order chi connectivity index (χ1) is 9.11. The Bertz CT molecular complexity index is 215. The van der Waals surface area contributed by atoms with Crippen molar-refractivity contribution >= 4 is 11.9 Å². The first-order valence-electron chi connectivity index (χ1n) is 6.11. The highest BCUT2D eigenvalue weighted by molar-refractivity contribution is 5.85. The van der Waals surface area contributed by atoms with Gasteiger partial charge in [0.15, 0.2) is 0 Å². The molecule has 0 aromatic carbocycles. The molecule has 4 N–H and O–H groups in total. The molecular formula is C14H28O6. The Labute approximate surface area is 121 Å². The van der Waals surface area contributed by atoms with Crippen molar-refractivity contribution < 1.29 is 30.0 Å². The maximum atomic E-state index is 9.60. The minimum Gasteiger partial charge on any atom is -0.478 e. The van der Waals surface area contributed by atoms with E-state index in [2.05, 4.69) is 27.0 Å². The molecule has 0 aromatic rings. The van der Waals surface area contributed by atoms with Crippen molar-refractivity contribution in [2.24, 2.45) is 0 Å². The van der Waals surface area contributed by atoms with Gasteiger partial charge < -0.3 is 20.4 Å². The molecule has 0 aromatic heterocycles. The van der Waals surface area contributed by atoms with Gasteiger partial charge in [0.25, 0.3) is 0 Å². The predicted octanol–water partition coefficient (Wildman–Crippen LogP) is 2.07. The fourth-order valence-electron chi connectivity index (χ4n) is 0. The van der Waals surface area contributed by atoms with E-state index in [0.717, 1.165) is 0 Å². The average Bonchev–Trinajstić information content (AvgIpc) is 2.39. The summed E-state index contributed by atoms with van der Waals surface area (Å²) in [5, 5.41) is 31.0. The molecule has 0 saturated heterocycles. The van der Waals surface area contributed by atoms with E-state index in [1.54, 1.807) is 0 Å². The lowest BCUT2D eigenvalue weighted by molar-refractivity contribution is -0.133. The molecule has 0 aliphatic rings. The fraction of sp³-hybridized carbons (Fsp3) is 0.571. The molecule has 6 heteroatoms. The van der Waals surface area contributed by atoms with Gasteiger partial charge in [-0.3, -0.25) is 0 Å². The number of carbonyl (C=O) groups is 2. The summed E-state index contributed by atoms with van der Waals surface area (Å²) in [6, 6.07) is 0. The summed E-state index contributed by atoms with van der Waals surface area (Å²) in [7, 11) is 0. The molecule has 0 heterocycles.